The molecule has 0 aromatic carbocycles. The Bertz CT molecular complexity index is 489. The lowest BCUT2D eigenvalue weighted by atomic mass is 10.2. The summed E-state index contributed by atoms with van der Waals surface area (Å²) in [5.41, 5.74) is -0.00892. The van der Waals surface area contributed by atoms with Gasteiger partial charge in [0.15, 0.2) is 5.69 Å². The van der Waals surface area contributed by atoms with Gasteiger partial charge in [-0.05, 0) is 6.54 Å². The van der Waals surface area contributed by atoms with E-state index in [0.29, 0.717) is 13.1 Å². The van der Waals surface area contributed by atoms with Crippen molar-refractivity contribution in [3.05, 3.63) is 17.5 Å². The topological polar surface area (TPSA) is 78.7 Å². The minimum absolute atomic E-state index is 0.167. The number of rotatable bonds is 3. The summed E-state index contributed by atoms with van der Waals surface area (Å²) in [4.78, 5) is 27.3. The average molecular weight is 266 g/mol. The minimum atomic E-state index is -1.17. The lowest BCUT2D eigenvalue weighted by molar-refractivity contribution is 0.0619. The Labute approximate surface area is 111 Å². The van der Waals surface area contributed by atoms with Crippen LogP contribution >= 0.6 is 0 Å². The molecule has 0 bridgehead atoms. The monoisotopic (exact) mass is 266 g/mol. The average Bonchev–Trinajstić information content (AvgIpc) is 2.80. The van der Waals surface area contributed by atoms with Crippen molar-refractivity contribution in [1.29, 1.82) is 0 Å². The Balaban J connectivity index is 2.14. The van der Waals surface area contributed by atoms with Crippen molar-refractivity contribution in [2.24, 2.45) is 7.05 Å². The maximum Gasteiger partial charge on any atom is 0.357 e. The number of carbonyl (C=O) groups excluding carboxylic acids is 1. The molecule has 7 nitrogen and oxygen atoms in total. The van der Waals surface area contributed by atoms with Crippen molar-refractivity contribution in [3.8, 4) is 0 Å². The predicted octanol–water partition coefficient (Wildman–Crippen LogP) is -0.104. The van der Waals surface area contributed by atoms with Gasteiger partial charge in [0.2, 0.25) is 0 Å². The molecule has 0 spiro atoms. The zero-order chi connectivity index (χ0) is 14.0. The molecule has 1 fully saturated rings. The fourth-order valence-corrected chi connectivity index (χ4v) is 2.24. The summed E-state index contributed by atoms with van der Waals surface area (Å²) >= 11 is 0. The SMILES string of the molecule is CCN1CCN(C(=O)c2cn(C)nc2C(=O)O)CC1. The first-order valence-electron chi connectivity index (χ1n) is 6.31. The summed E-state index contributed by atoms with van der Waals surface area (Å²) in [5.74, 6) is -1.42. The van der Waals surface area contributed by atoms with Gasteiger partial charge in [-0.15, -0.1) is 0 Å². The summed E-state index contributed by atoms with van der Waals surface area (Å²) in [6, 6.07) is 0. The van der Waals surface area contributed by atoms with E-state index in [2.05, 4.69) is 16.9 Å². The van der Waals surface area contributed by atoms with Gasteiger partial charge in [0, 0.05) is 39.4 Å². The third-order valence-electron chi connectivity index (χ3n) is 3.37. The van der Waals surface area contributed by atoms with Crippen molar-refractivity contribution in [2.45, 2.75) is 6.92 Å². The number of nitrogens with zero attached hydrogens (tertiary/aromatic N) is 4. The van der Waals surface area contributed by atoms with Gasteiger partial charge in [-0.25, -0.2) is 4.79 Å². The molecule has 0 radical (unpaired) electrons. The van der Waals surface area contributed by atoms with Gasteiger partial charge < -0.3 is 14.9 Å². The largest absolute Gasteiger partial charge is 0.476 e. The number of likely N-dealkylation sites (N-methyl/N-ethyl adjacent to an activating group) is 1. The van der Waals surface area contributed by atoms with Crippen LogP contribution in [0.15, 0.2) is 6.20 Å². The molecular weight excluding hydrogens is 248 g/mol. The van der Waals surface area contributed by atoms with Crippen LogP contribution in [0.25, 0.3) is 0 Å². The number of aryl methyl sites for hydroxylation is 1. The summed E-state index contributed by atoms with van der Waals surface area (Å²) in [5, 5.41) is 12.9. The van der Waals surface area contributed by atoms with Crippen LogP contribution in [0.1, 0.15) is 27.8 Å². The highest BCUT2D eigenvalue weighted by Gasteiger charge is 2.27. The molecule has 1 amide bonds. The first-order chi connectivity index (χ1) is 9.02. The zero-order valence-corrected chi connectivity index (χ0v) is 11.2. The number of aromatic carboxylic acids is 1. The van der Waals surface area contributed by atoms with E-state index in [9.17, 15) is 9.59 Å². The Morgan fingerprint density at radius 2 is 1.95 bits per heavy atom. The molecule has 19 heavy (non-hydrogen) atoms. The van der Waals surface area contributed by atoms with Crippen molar-refractivity contribution in [1.82, 2.24) is 19.6 Å². The molecule has 2 heterocycles. The molecule has 1 aromatic rings. The molecule has 1 aromatic heterocycles. The molecule has 1 saturated heterocycles. The van der Waals surface area contributed by atoms with E-state index in [0.717, 1.165) is 19.6 Å². The standard InChI is InChI=1S/C12H18N4O3/c1-3-15-4-6-16(7-5-15)11(17)9-8-14(2)13-10(9)12(18)19/h8H,3-7H2,1-2H3,(H,18,19). The lowest BCUT2D eigenvalue weighted by Crippen LogP contribution is -2.48. The first kappa shape index (κ1) is 13.5. The minimum Gasteiger partial charge on any atom is -0.476 e. The maximum atomic E-state index is 12.3. The number of hydrogen-bond acceptors (Lipinski definition) is 4. The highest BCUT2D eigenvalue weighted by atomic mass is 16.4. The van der Waals surface area contributed by atoms with E-state index in [1.807, 2.05) is 0 Å². The second-order valence-corrected chi connectivity index (χ2v) is 4.60. The number of amides is 1. The van der Waals surface area contributed by atoms with E-state index in [1.54, 1.807) is 11.9 Å². The van der Waals surface area contributed by atoms with Crippen LogP contribution in [0, 0.1) is 0 Å². The molecule has 2 rings (SSSR count). The van der Waals surface area contributed by atoms with Crippen LogP contribution < -0.4 is 0 Å². The van der Waals surface area contributed by atoms with Crippen LogP contribution in [0.4, 0.5) is 0 Å². The van der Waals surface area contributed by atoms with Gasteiger partial charge in [0.25, 0.3) is 5.91 Å². The number of carboxylic acids is 1. The van der Waals surface area contributed by atoms with Crippen molar-refractivity contribution < 1.29 is 14.7 Å². The molecule has 7 heteroatoms. The fraction of sp³-hybridized carbons (Fsp3) is 0.583. The summed E-state index contributed by atoms with van der Waals surface area (Å²) in [6.45, 7) is 5.95. The van der Waals surface area contributed by atoms with Crippen LogP contribution in [0.5, 0.6) is 0 Å². The highest BCUT2D eigenvalue weighted by Crippen LogP contribution is 2.12. The van der Waals surface area contributed by atoms with E-state index < -0.39 is 5.97 Å². The van der Waals surface area contributed by atoms with Crippen molar-refractivity contribution in [3.63, 3.8) is 0 Å². The van der Waals surface area contributed by atoms with Crippen molar-refractivity contribution in [2.75, 3.05) is 32.7 Å². The predicted molar refractivity (Wildman–Crippen MR) is 68.2 cm³/mol. The Morgan fingerprint density at radius 3 is 2.47 bits per heavy atom. The first-order valence-corrected chi connectivity index (χ1v) is 6.31. The molecule has 1 aliphatic heterocycles. The molecule has 1 aliphatic rings. The third-order valence-corrected chi connectivity index (χ3v) is 3.37. The van der Waals surface area contributed by atoms with E-state index in [4.69, 9.17) is 5.11 Å². The van der Waals surface area contributed by atoms with Gasteiger partial charge in [-0.2, -0.15) is 5.10 Å². The fourth-order valence-electron chi connectivity index (χ4n) is 2.24. The Kier molecular flexibility index (Phi) is 3.84. The van der Waals surface area contributed by atoms with E-state index in [-0.39, 0.29) is 17.2 Å². The Hall–Kier alpha value is -1.89. The van der Waals surface area contributed by atoms with Crippen LogP contribution in [-0.4, -0.2) is 69.3 Å². The molecule has 0 atom stereocenters. The number of carbonyl (C=O) groups is 2. The van der Waals surface area contributed by atoms with Crippen molar-refractivity contribution >= 4 is 11.9 Å². The highest BCUT2D eigenvalue weighted by molar-refractivity contribution is 6.03. The molecule has 0 aliphatic carbocycles. The van der Waals surface area contributed by atoms with Gasteiger partial charge in [0.05, 0.1) is 5.56 Å². The zero-order valence-electron chi connectivity index (χ0n) is 11.2. The quantitative estimate of drug-likeness (QED) is 0.826. The van der Waals surface area contributed by atoms with Gasteiger partial charge in [-0.1, -0.05) is 6.92 Å². The van der Waals surface area contributed by atoms with Crippen LogP contribution in [0.3, 0.4) is 0 Å². The number of aromatic nitrogens is 2. The normalized spacial score (nSPS) is 16.6. The van der Waals surface area contributed by atoms with Gasteiger partial charge >= 0.3 is 5.97 Å². The second kappa shape index (κ2) is 5.40. The van der Waals surface area contributed by atoms with Crippen LogP contribution in [-0.2, 0) is 7.05 Å². The number of piperazine rings is 1. The summed E-state index contributed by atoms with van der Waals surface area (Å²) in [6.07, 6.45) is 1.47. The lowest BCUT2D eigenvalue weighted by Gasteiger charge is -2.33. The van der Waals surface area contributed by atoms with E-state index in [1.165, 1.54) is 10.9 Å². The maximum absolute atomic E-state index is 12.3. The number of hydrogen-bond donors (Lipinski definition) is 1. The van der Waals surface area contributed by atoms with Gasteiger partial charge in [0.1, 0.15) is 0 Å². The molecular formula is C12H18N4O3. The van der Waals surface area contributed by atoms with E-state index >= 15 is 0 Å². The molecule has 0 saturated carbocycles. The Morgan fingerprint density at radius 1 is 1.32 bits per heavy atom. The van der Waals surface area contributed by atoms with Gasteiger partial charge in [-0.3, -0.25) is 9.48 Å². The summed E-state index contributed by atoms with van der Waals surface area (Å²) < 4.78 is 1.36. The third kappa shape index (κ3) is 2.76. The number of carboxylic acid groups (broad SMARTS) is 1. The summed E-state index contributed by atoms with van der Waals surface area (Å²) in [7, 11) is 1.61. The molecule has 0 unspecified atom stereocenters. The smallest absolute Gasteiger partial charge is 0.357 e. The second-order valence-electron chi connectivity index (χ2n) is 4.60. The molecule has 1 N–H and O–H groups in total. The molecule has 104 valence electrons. The van der Waals surface area contributed by atoms with Crippen LogP contribution in [0.2, 0.25) is 0 Å².